The van der Waals surface area contributed by atoms with Crippen LogP contribution in [0.4, 0.5) is 0 Å². The van der Waals surface area contributed by atoms with Crippen LogP contribution in [-0.2, 0) is 4.79 Å². The van der Waals surface area contributed by atoms with Crippen molar-refractivity contribution in [2.24, 2.45) is 5.73 Å². The van der Waals surface area contributed by atoms with Gasteiger partial charge in [-0.1, -0.05) is 11.6 Å². The molecule has 1 amide bonds. The molecule has 6 heteroatoms. The fraction of sp³-hybridized carbons (Fsp3) is 0.417. The number of amides is 1. The molecule has 0 saturated carbocycles. The summed E-state index contributed by atoms with van der Waals surface area (Å²) in [6.45, 7) is 2.56. The van der Waals surface area contributed by atoms with E-state index in [9.17, 15) is 4.79 Å². The molecule has 0 aliphatic heterocycles. The van der Waals surface area contributed by atoms with Crippen LogP contribution in [0, 0.1) is 0 Å². The third kappa shape index (κ3) is 7.82. The fourth-order valence-corrected chi connectivity index (χ4v) is 2.02. The molecule has 102 valence electrons. The zero-order valence-electron chi connectivity index (χ0n) is 10.2. The van der Waals surface area contributed by atoms with Gasteiger partial charge in [0.2, 0.25) is 5.91 Å². The van der Waals surface area contributed by atoms with Crippen LogP contribution < -0.4 is 11.1 Å². The number of benzene rings is 1. The number of halogens is 2. The lowest BCUT2D eigenvalue weighted by Crippen LogP contribution is -2.30. The summed E-state index contributed by atoms with van der Waals surface area (Å²) in [6.07, 6.45) is 0.803. The van der Waals surface area contributed by atoms with Gasteiger partial charge in [-0.05, 0) is 37.6 Å². The maximum absolute atomic E-state index is 11.5. The monoisotopic (exact) mass is 308 g/mol. The van der Waals surface area contributed by atoms with Crippen LogP contribution in [0.2, 0.25) is 5.02 Å². The molecule has 0 radical (unpaired) electrons. The quantitative estimate of drug-likeness (QED) is 0.795. The van der Waals surface area contributed by atoms with Gasteiger partial charge < -0.3 is 11.1 Å². The molecule has 3 nitrogen and oxygen atoms in total. The summed E-state index contributed by atoms with van der Waals surface area (Å²) in [7, 11) is 0. The van der Waals surface area contributed by atoms with Crippen LogP contribution >= 0.6 is 35.8 Å². The normalized spacial score (nSPS) is 11.5. The highest BCUT2D eigenvalue weighted by molar-refractivity contribution is 8.00. The van der Waals surface area contributed by atoms with E-state index in [1.54, 1.807) is 0 Å². The number of thioether (sulfide) groups is 1. The highest BCUT2D eigenvalue weighted by Gasteiger charge is 2.03. The first-order valence-corrected chi connectivity index (χ1v) is 6.85. The highest BCUT2D eigenvalue weighted by Crippen LogP contribution is 2.19. The number of carbonyl (C=O) groups excluding carboxylic acids is 1. The topological polar surface area (TPSA) is 55.1 Å². The summed E-state index contributed by atoms with van der Waals surface area (Å²) >= 11 is 7.27. The zero-order chi connectivity index (χ0) is 12.7. The first-order valence-electron chi connectivity index (χ1n) is 5.48. The molecule has 1 rings (SSSR count). The fourth-order valence-electron chi connectivity index (χ4n) is 1.17. The van der Waals surface area contributed by atoms with Crippen LogP contribution in [0.5, 0.6) is 0 Å². The maximum atomic E-state index is 11.5. The van der Waals surface area contributed by atoms with Crippen molar-refractivity contribution in [1.82, 2.24) is 5.32 Å². The van der Waals surface area contributed by atoms with Crippen molar-refractivity contribution in [2.75, 3.05) is 12.3 Å². The van der Waals surface area contributed by atoms with E-state index in [4.69, 9.17) is 17.3 Å². The molecule has 1 atom stereocenters. The Morgan fingerprint density at radius 2 is 2.06 bits per heavy atom. The Balaban J connectivity index is 0.00000289. The summed E-state index contributed by atoms with van der Waals surface area (Å²) < 4.78 is 0. The number of nitrogens with two attached hydrogens (primary N) is 1. The van der Waals surface area contributed by atoms with Crippen molar-refractivity contribution in [3.63, 3.8) is 0 Å². The van der Waals surface area contributed by atoms with E-state index in [1.807, 2.05) is 31.2 Å². The zero-order valence-corrected chi connectivity index (χ0v) is 12.6. The largest absolute Gasteiger partial charge is 0.355 e. The second-order valence-corrected chi connectivity index (χ2v) is 5.34. The van der Waals surface area contributed by atoms with Crippen molar-refractivity contribution in [1.29, 1.82) is 0 Å². The van der Waals surface area contributed by atoms with Crippen LogP contribution in [0.3, 0.4) is 0 Å². The molecule has 1 aromatic carbocycles. The second kappa shape index (κ2) is 9.50. The van der Waals surface area contributed by atoms with Crippen LogP contribution in [-0.4, -0.2) is 24.2 Å². The van der Waals surface area contributed by atoms with Crippen LogP contribution in [0.25, 0.3) is 0 Å². The van der Waals surface area contributed by atoms with Gasteiger partial charge in [-0.25, -0.2) is 0 Å². The SMILES string of the molecule is CC(N)CCNC(=O)CSc1ccc(Cl)cc1.Cl. The second-order valence-electron chi connectivity index (χ2n) is 3.86. The van der Waals surface area contributed by atoms with Crippen molar-refractivity contribution < 1.29 is 4.79 Å². The molecule has 0 fully saturated rings. The Bertz CT molecular complexity index is 358. The summed E-state index contributed by atoms with van der Waals surface area (Å²) in [6, 6.07) is 7.57. The molecule has 1 aromatic rings. The Hall–Kier alpha value is -0.420. The standard InChI is InChI=1S/C12H17ClN2OS.ClH/c1-9(14)6-7-15-12(16)8-17-11-4-2-10(13)3-5-11;/h2-5,9H,6-8,14H2,1H3,(H,15,16);1H. The highest BCUT2D eigenvalue weighted by atomic mass is 35.5. The molecule has 18 heavy (non-hydrogen) atoms. The summed E-state index contributed by atoms with van der Waals surface area (Å²) in [5.74, 6) is 0.450. The van der Waals surface area contributed by atoms with E-state index in [1.165, 1.54) is 11.8 Å². The van der Waals surface area contributed by atoms with Crippen LogP contribution in [0.15, 0.2) is 29.2 Å². The van der Waals surface area contributed by atoms with Gasteiger partial charge >= 0.3 is 0 Å². The Morgan fingerprint density at radius 3 is 2.61 bits per heavy atom. The van der Waals surface area contributed by atoms with E-state index in [-0.39, 0.29) is 24.4 Å². The van der Waals surface area contributed by atoms with Gasteiger partial charge in [-0.2, -0.15) is 0 Å². The Morgan fingerprint density at radius 1 is 1.44 bits per heavy atom. The number of hydrogen-bond donors (Lipinski definition) is 2. The minimum Gasteiger partial charge on any atom is -0.355 e. The predicted molar refractivity (Wildman–Crippen MR) is 80.7 cm³/mol. The van der Waals surface area contributed by atoms with Gasteiger partial charge in [0.1, 0.15) is 0 Å². The lowest BCUT2D eigenvalue weighted by Gasteiger charge is -2.07. The number of carbonyl (C=O) groups is 1. The van der Waals surface area contributed by atoms with Gasteiger partial charge in [-0.3, -0.25) is 4.79 Å². The smallest absolute Gasteiger partial charge is 0.230 e. The maximum Gasteiger partial charge on any atom is 0.230 e. The summed E-state index contributed by atoms with van der Waals surface area (Å²) in [5, 5.41) is 3.53. The van der Waals surface area contributed by atoms with Gasteiger partial charge in [0, 0.05) is 22.5 Å². The molecule has 0 aromatic heterocycles. The Kier molecular flexibility index (Phi) is 9.28. The van der Waals surface area contributed by atoms with Gasteiger partial charge in [0.05, 0.1) is 5.75 Å². The van der Waals surface area contributed by atoms with Crippen molar-refractivity contribution in [2.45, 2.75) is 24.3 Å². The van der Waals surface area contributed by atoms with Crippen molar-refractivity contribution in [3.05, 3.63) is 29.3 Å². The van der Waals surface area contributed by atoms with Gasteiger partial charge in [0.25, 0.3) is 0 Å². The molecule has 0 heterocycles. The van der Waals surface area contributed by atoms with Crippen LogP contribution in [0.1, 0.15) is 13.3 Å². The average Bonchev–Trinajstić information content (AvgIpc) is 2.28. The minimum atomic E-state index is 0. The average molecular weight is 309 g/mol. The molecular weight excluding hydrogens is 291 g/mol. The van der Waals surface area contributed by atoms with E-state index in [2.05, 4.69) is 5.32 Å². The molecule has 0 saturated heterocycles. The first-order chi connectivity index (χ1) is 8.08. The van der Waals surface area contributed by atoms with Crippen molar-refractivity contribution >= 4 is 41.7 Å². The van der Waals surface area contributed by atoms with E-state index < -0.39 is 0 Å². The summed E-state index contributed by atoms with van der Waals surface area (Å²) in [4.78, 5) is 12.5. The van der Waals surface area contributed by atoms with E-state index in [0.29, 0.717) is 17.3 Å². The molecule has 0 aliphatic carbocycles. The summed E-state index contributed by atoms with van der Waals surface area (Å²) in [5.41, 5.74) is 5.59. The third-order valence-corrected chi connectivity index (χ3v) is 3.37. The van der Waals surface area contributed by atoms with Gasteiger partial charge in [0.15, 0.2) is 0 Å². The molecule has 0 aliphatic rings. The molecule has 0 bridgehead atoms. The number of hydrogen-bond acceptors (Lipinski definition) is 3. The molecule has 0 spiro atoms. The van der Waals surface area contributed by atoms with Gasteiger partial charge in [-0.15, -0.1) is 24.2 Å². The lowest BCUT2D eigenvalue weighted by molar-refractivity contribution is -0.118. The van der Waals surface area contributed by atoms with E-state index >= 15 is 0 Å². The number of nitrogens with one attached hydrogen (secondary N) is 1. The van der Waals surface area contributed by atoms with E-state index in [0.717, 1.165) is 11.3 Å². The lowest BCUT2D eigenvalue weighted by atomic mass is 10.2. The minimum absolute atomic E-state index is 0. The Labute approximate surface area is 123 Å². The molecule has 3 N–H and O–H groups in total. The first kappa shape index (κ1) is 17.6. The predicted octanol–water partition coefficient (Wildman–Crippen LogP) is 2.71. The molecular formula is C12H18Cl2N2OS. The third-order valence-electron chi connectivity index (χ3n) is 2.11. The molecule has 1 unspecified atom stereocenters. The number of rotatable bonds is 6. The van der Waals surface area contributed by atoms with Crippen molar-refractivity contribution in [3.8, 4) is 0 Å².